The maximum atomic E-state index is 11.5. The van der Waals surface area contributed by atoms with E-state index >= 15 is 0 Å². The van der Waals surface area contributed by atoms with Crippen LogP contribution in [0.15, 0.2) is 0 Å². The van der Waals surface area contributed by atoms with Gasteiger partial charge in [0.25, 0.3) is 0 Å². The first-order chi connectivity index (χ1) is 8.75. The molecule has 2 atom stereocenters. The SMILES string of the molecule is CCCCCCCCCC[C@H](O)[C@H]1CCCC1=O. The number of unbranched alkanes of at least 4 members (excludes halogenated alkanes) is 7. The Labute approximate surface area is 112 Å². The van der Waals surface area contributed by atoms with Crippen molar-refractivity contribution in [1.82, 2.24) is 0 Å². The Morgan fingerprint density at radius 2 is 1.72 bits per heavy atom. The number of carbonyl (C=O) groups is 1. The highest BCUT2D eigenvalue weighted by Gasteiger charge is 2.30. The molecular weight excluding hydrogens is 224 g/mol. The molecule has 0 unspecified atom stereocenters. The quantitative estimate of drug-likeness (QED) is 0.592. The van der Waals surface area contributed by atoms with Crippen LogP contribution in [0.3, 0.4) is 0 Å². The largest absolute Gasteiger partial charge is 0.392 e. The first kappa shape index (κ1) is 15.7. The summed E-state index contributed by atoms with van der Waals surface area (Å²) in [6, 6.07) is 0. The fraction of sp³-hybridized carbons (Fsp3) is 0.938. The van der Waals surface area contributed by atoms with Gasteiger partial charge in [-0.3, -0.25) is 4.79 Å². The van der Waals surface area contributed by atoms with Gasteiger partial charge in [-0.25, -0.2) is 0 Å². The minimum Gasteiger partial charge on any atom is -0.392 e. The summed E-state index contributed by atoms with van der Waals surface area (Å²) < 4.78 is 0. The van der Waals surface area contributed by atoms with E-state index < -0.39 is 0 Å². The van der Waals surface area contributed by atoms with Crippen molar-refractivity contribution < 1.29 is 9.90 Å². The fourth-order valence-corrected chi connectivity index (χ4v) is 2.94. The molecule has 2 nitrogen and oxygen atoms in total. The Morgan fingerprint density at radius 1 is 1.11 bits per heavy atom. The molecular formula is C16H30O2. The zero-order chi connectivity index (χ0) is 13.2. The zero-order valence-electron chi connectivity index (χ0n) is 12.0. The molecule has 0 radical (unpaired) electrons. The van der Waals surface area contributed by atoms with E-state index in [1.165, 1.54) is 44.9 Å². The van der Waals surface area contributed by atoms with Gasteiger partial charge < -0.3 is 5.11 Å². The van der Waals surface area contributed by atoms with Gasteiger partial charge in [0.05, 0.1) is 6.10 Å². The van der Waals surface area contributed by atoms with Gasteiger partial charge in [0, 0.05) is 12.3 Å². The lowest BCUT2D eigenvalue weighted by Gasteiger charge is -2.16. The Kier molecular flexibility index (Phi) is 8.32. The molecule has 106 valence electrons. The Hall–Kier alpha value is -0.370. The van der Waals surface area contributed by atoms with E-state index in [4.69, 9.17) is 0 Å². The Morgan fingerprint density at radius 3 is 2.28 bits per heavy atom. The van der Waals surface area contributed by atoms with Crippen LogP contribution in [-0.4, -0.2) is 17.0 Å². The van der Waals surface area contributed by atoms with Gasteiger partial charge in [0.1, 0.15) is 5.78 Å². The second kappa shape index (κ2) is 9.55. The van der Waals surface area contributed by atoms with Crippen LogP contribution in [0.5, 0.6) is 0 Å². The van der Waals surface area contributed by atoms with Crippen LogP contribution < -0.4 is 0 Å². The predicted molar refractivity (Wildman–Crippen MR) is 75.6 cm³/mol. The lowest BCUT2D eigenvalue weighted by molar-refractivity contribution is -0.123. The van der Waals surface area contributed by atoms with E-state index in [1.54, 1.807) is 0 Å². The van der Waals surface area contributed by atoms with Gasteiger partial charge in [-0.2, -0.15) is 0 Å². The highest BCUT2D eigenvalue weighted by Crippen LogP contribution is 2.27. The van der Waals surface area contributed by atoms with Crippen LogP contribution in [0.4, 0.5) is 0 Å². The molecule has 0 spiro atoms. The molecule has 0 bridgehead atoms. The first-order valence-corrected chi connectivity index (χ1v) is 7.96. The molecule has 1 saturated carbocycles. The maximum Gasteiger partial charge on any atom is 0.138 e. The molecule has 0 saturated heterocycles. The van der Waals surface area contributed by atoms with E-state index in [-0.39, 0.29) is 12.0 Å². The number of aliphatic hydroxyl groups excluding tert-OH is 1. The van der Waals surface area contributed by atoms with Crippen LogP contribution in [0.2, 0.25) is 0 Å². The normalized spacial score (nSPS) is 21.4. The molecule has 1 aliphatic rings. The molecule has 1 fully saturated rings. The van der Waals surface area contributed by atoms with Crippen LogP contribution in [0.1, 0.15) is 84.0 Å². The number of hydrogen-bond acceptors (Lipinski definition) is 2. The third kappa shape index (κ3) is 5.99. The van der Waals surface area contributed by atoms with Gasteiger partial charge in [-0.1, -0.05) is 58.3 Å². The second-order valence-electron chi connectivity index (χ2n) is 5.80. The molecule has 0 heterocycles. The van der Waals surface area contributed by atoms with Gasteiger partial charge in [0.15, 0.2) is 0 Å². The summed E-state index contributed by atoms with van der Waals surface area (Å²) >= 11 is 0. The molecule has 0 aromatic heterocycles. The smallest absolute Gasteiger partial charge is 0.138 e. The molecule has 2 heteroatoms. The number of rotatable bonds is 10. The minimum atomic E-state index is -0.361. The van der Waals surface area contributed by atoms with Crippen molar-refractivity contribution in [3.05, 3.63) is 0 Å². The Balaban J connectivity index is 1.92. The summed E-state index contributed by atoms with van der Waals surface area (Å²) in [6.07, 6.45) is 13.4. The monoisotopic (exact) mass is 254 g/mol. The number of ketones is 1. The van der Waals surface area contributed by atoms with E-state index in [1.807, 2.05) is 0 Å². The number of hydrogen-bond donors (Lipinski definition) is 1. The van der Waals surface area contributed by atoms with Gasteiger partial charge in [-0.05, 0) is 19.3 Å². The maximum absolute atomic E-state index is 11.5. The van der Waals surface area contributed by atoms with Crippen molar-refractivity contribution in [3.8, 4) is 0 Å². The average Bonchev–Trinajstić information content (AvgIpc) is 2.79. The van der Waals surface area contributed by atoms with Crippen molar-refractivity contribution in [2.45, 2.75) is 90.1 Å². The van der Waals surface area contributed by atoms with Crippen molar-refractivity contribution in [2.75, 3.05) is 0 Å². The van der Waals surface area contributed by atoms with E-state index in [2.05, 4.69) is 6.92 Å². The van der Waals surface area contributed by atoms with Crippen LogP contribution in [0.25, 0.3) is 0 Å². The summed E-state index contributed by atoms with van der Waals surface area (Å²) in [5.41, 5.74) is 0. The van der Waals surface area contributed by atoms with E-state index in [0.717, 1.165) is 25.7 Å². The highest BCUT2D eigenvalue weighted by molar-refractivity contribution is 5.83. The van der Waals surface area contributed by atoms with Crippen LogP contribution >= 0.6 is 0 Å². The van der Waals surface area contributed by atoms with Crippen molar-refractivity contribution in [2.24, 2.45) is 5.92 Å². The highest BCUT2D eigenvalue weighted by atomic mass is 16.3. The standard InChI is InChI=1S/C16H30O2/c1-2-3-4-5-6-7-8-9-12-15(17)14-11-10-13-16(14)18/h14-15,17H,2-13H2,1H3/t14-,15+/m1/s1. The molecule has 18 heavy (non-hydrogen) atoms. The summed E-state index contributed by atoms with van der Waals surface area (Å²) in [5, 5.41) is 9.97. The molecule has 1 rings (SSSR count). The summed E-state index contributed by atoms with van der Waals surface area (Å²) in [7, 11) is 0. The Bertz CT molecular complexity index is 225. The predicted octanol–water partition coefficient (Wildman–Crippen LogP) is 4.25. The lowest BCUT2D eigenvalue weighted by atomic mass is 9.95. The van der Waals surface area contributed by atoms with Gasteiger partial charge in [-0.15, -0.1) is 0 Å². The van der Waals surface area contributed by atoms with Crippen molar-refractivity contribution in [3.63, 3.8) is 0 Å². The minimum absolute atomic E-state index is 0.0328. The molecule has 0 aromatic carbocycles. The summed E-state index contributed by atoms with van der Waals surface area (Å²) in [4.78, 5) is 11.5. The summed E-state index contributed by atoms with van der Waals surface area (Å²) in [6.45, 7) is 2.24. The van der Waals surface area contributed by atoms with Crippen LogP contribution in [0, 0.1) is 5.92 Å². The van der Waals surface area contributed by atoms with Gasteiger partial charge >= 0.3 is 0 Å². The molecule has 0 aliphatic heterocycles. The molecule has 1 aliphatic carbocycles. The van der Waals surface area contributed by atoms with Gasteiger partial charge in [0.2, 0.25) is 0 Å². The third-order valence-electron chi connectivity index (χ3n) is 4.17. The van der Waals surface area contributed by atoms with E-state index in [9.17, 15) is 9.90 Å². The summed E-state index contributed by atoms with van der Waals surface area (Å²) in [5.74, 6) is 0.261. The lowest BCUT2D eigenvalue weighted by Crippen LogP contribution is -2.23. The zero-order valence-corrected chi connectivity index (χ0v) is 12.0. The van der Waals surface area contributed by atoms with E-state index in [0.29, 0.717) is 12.2 Å². The number of Topliss-reactive ketones (excluding diaryl/α,β-unsaturated/α-hetero) is 1. The topological polar surface area (TPSA) is 37.3 Å². The molecule has 0 aromatic rings. The molecule has 0 amide bonds. The van der Waals surface area contributed by atoms with Crippen molar-refractivity contribution in [1.29, 1.82) is 0 Å². The number of carbonyl (C=O) groups excluding carboxylic acids is 1. The third-order valence-corrected chi connectivity index (χ3v) is 4.17. The second-order valence-corrected chi connectivity index (χ2v) is 5.80. The van der Waals surface area contributed by atoms with Crippen LogP contribution in [-0.2, 0) is 4.79 Å². The fourth-order valence-electron chi connectivity index (χ4n) is 2.94. The molecule has 1 N–H and O–H groups in total. The van der Waals surface area contributed by atoms with Crippen molar-refractivity contribution >= 4 is 5.78 Å². The average molecular weight is 254 g/mol. The number of aliphatic hydroxyl groups is 1. The first-order valence-electron chi connectivity index (χ1n) is 7.96.